The number of nitrogens with one attached hydrogen (secondary N) is 1. The van der Waals surface area contributed by atoms with Crippen LogP contribution < -0.4 is 5.32 Å². The Hall–Kier alpha value is -3.55. The van der Waals surface area contributed by atoms with Gasteiger partial charge >= 0.3 is 0 Å². The third-order valence-electron chi connectivity index (χ3n) is 3.84. The minimum Gasteiger partial charge on any atom is -0.305 e. The molecule has 0 saturated carbocycles. The van der Waals surface area contributed by atoms with Gasteiger partial charge in [-0.15, -0.1) is 0 Å². The molecule has 0 bridgehead atoms. The molecule has 0 radical (unpaired) electrons. The van der Waals surface area contributed by atoms with Gasteiger partial charge in [0.2, 0.25) is 0 Å². The summed E-state index contributed by atoms with van der Waals surface area (Å²) in [6.07, 6.45) is 0. The Labute approximate surface area is 148 Å². The van der Waals surface area contributed by atoms with Crippen LogP contribution in [-0.4, -0.2) is 20.6 Å². The summed E-state index contributed by atoms with van der Waals surface area (Å²) < 4.78 is 15.4. The number of amides is 1. The number of hydrogen-bond acceptors (Lipinski definition) is 4. The lowest BCUT2D eigenvalue weighted by molar-refractivity contribution is -0.384. The van der Waals surface area contributed by atoms with Gasteiger partial charge in [-0.2, -0.15) is 5.10 Å². The third kappa shape index (κ3) is 3.75. The molecule has 1 N–H and O–H groups in total. The smallest absolute Gasteiger partial charge is 0.269 e. The fourth-order valence-corrected chi connectivity index (χ4v) is 2.44. The molecule has 1 amide bonds. The van der Waals surface area contributed by atoms with Crippen LogP contribution in [-0.2, 0) is 6.54 Å². The van der Waals surface area contributed by atoms with E-state index in [0.717, 1.165) is 5.69 Å². The second-order valence-corrected chi connectivity index (χ2v) is 5.68. The SMILES string of the molecule is Cc1cc(NC(=O)c2ccc([N+](=O)[O-])cc2)nn1Cc1ccccc1F. The zero-order valence-corrected chi connectivity index (χ0v) is 13.8. The summed E-state index contributed by atoms with van der Waals surface area (Å²) in [5.74, 6) is -0.434. The van der Waals surface area contributed by atoms with E-state index in [1.807, 2.05) is 0 Å². The topological polar surface area (TPSA) is 90.1 Å². The van der Waals surface area contributed by atoms with Crippen LogP contribution in [0.1, 0.15) is 21.6 Å². The number of nitro groups is 1. The second-order valence-electron chi connectivity index (χ2n) is 5.68. The van der Waals surface area contributed by atoms with Gasteiger partial charge < -0.3 is 5.32 Å². The van der Waals surface area contributed by atoms with Crippen LogP contribution in [0.25, 0.3) is 0 Å². The molecule has 0 fully saturated rings. The molecule has 1 aromatic heterocycles. The number of anilines is 1. The highest BCUT2D eigenvalue weighted by atomic mass is 19.1. The van der Waals surface area contributed by atoms with Crippen LogP contribution in [0.15, 0.2) is 54.6 Å². The number of non-ortho nitro benzene ring substituents is 1. The number of nitro benzene ring substituents is 1. The first kappa shape index (κ1) is 17.3. The van der Waals surface area contributed by atoms with E-state index in [-0.39, 0.29) is 23.6 Å². The Bertz CT molecular complexity index is 967. The normalized spacial score (nSPS) is 10.5. The van der Waals surface area contributed by atoms with Crippen molar-refractivity contribution in [1.29, 1.82) is 0 Å². The molecule has 0 aliphatic carbocycles. The zero-order chi connectivity index (χ0) is 18.7. The first-order valence-corrected chi connectivity index (χ1v) is 7.77. The van der Waals surface area contributed by atoms with E-state index in [9.17, 15) is 19.3 Å². The minimum absolute atomic E-state index is 0.0911. The third-order valence-corrected chi connectivity index (χ3v) is 3.84. The van der Waals surface area contributed by atoms with Crippen molar-refractivity contribution in [3.63, 3.8) is 0 Å². The predicted octanol–water partition coefficient (Wildman–Crippen LogP) is 3.54. The van der Waals surface area contributed by atoms with Crippen LogP contribution in [0.3, 0.4) is 0 Å². The number of carbonyl (C=O) groups is 1. The van der Waals surface area contributed by atoms with E-state index in [4.69, 9.17) is 0 Å². The van der Waals surface area contributed by atoms with E-state index in [2.05, 4.69) is 10.4 Å². The Kier molecular flexibility index (Phi) is 4.74. The summed E-state index contributed by atoms with van der Waals surface area (Å²) >= 11 is 0. The lowest BCUT2D eigenvalue weighted by atomic mass is 10.2. The Balaban J connectivity index is 1.73. The van der Waals surface area contributed by atoms with Crippen molar-refractivity contribution in [2.45, 2.75) is 13.5 Å². The number of nitrogens with zero attached hydrogens (tertiary/aromatic N) is 3. The maximum absolute atomic E-state index is 13.8. The molecule has 132 valence electrons. The van der Waals surface area contributed by atoms with Gasteiger partial charge in [0.15, 0.2) is 5.82 Å². The number of aryl methyl sites for hydroxylation is 1. The van der Waals surface area contributed by atoms with Crippen molar-refractivity contribution in [3.05, 3.63) is 87.3 Å². The lowest BCUT2D eigenvalue weighted by Crippen LogP contribution is -2.13. The van der Waals surface area contributed by atoms with Crippen molar-refractivity contribution < 1.29 is 14.1 Å². The Morgan fingerprint density at radius 1 is 1.23 bits per heavy atom. The lowest BCUT2D eigenvalue weighted by Gasteiger charge is -2.05. The number of rotatable bonds is 5. The number of benzene rings is 2. The summed E-state index contributed by atoms with van der Waals surface area (Å²) in [6.45, 7) is 2.04. The van der Waals surface area contributed by atoms with Gasteiger partial charge in [0, 0.05) is 35.0 Å². The maximum Gasteiger partial charge on any atom is 0.269 e. The molecule has 0 aliphatic heterocycles. The van der Waals surface area contributed by atoms with Crippen LogP contribution in [0, 0.1) is 22.9 Å². The quantitative estimate of drug-likeness (QED) is 0.560. The standard InChI is InChI=1S/C18H15FN4O3/c1-12-10-17(21-22(12)11-14-4-2-3-5-16(14)19)20-18(24)13-6-8-15(9-7-13)23(25)26/h2-10H,11H2,1H3,(H,20,21,24). The predicted molar refractivity (Wildman–Crippen MR) is 93.5 cm³/mol. The van der Waals surface area contributed by atoms with Crippen molar-refractivity contribution in [1.82, 2.24) is 9.78 Å². The van der Waals surface area contributed by atoms with Gasteiger partial charge in [-0.1, -0.05) is 18.2 Å². The zero-order valence-electron chi connectivity index (χ0n) is 13.8. The fourth-order valence-electron chi connectivity index (χ4n) is 2.44. The first-order chi connectivity index (χ1) is 12.4. The molecule has 0 unspecified atom stereocenters. The van der Waals surface area contributed by atoms with Crippen molar-refractivity contribution in [3.8, 4) is 0 Å². The van der Waals surface area contributed by atoms with Crippen LogP contribution >= 0.6 is 0 Å². The average Bonchev–Trinajstić information content (AvgIpc) is 2.96. The monoisotopic (exact) mass is 354 g/mol. The first-order valence-electron chi connectivity index (χ1n) is 7.77. The van der Waals surface area contributed by atoms with E-state index >= 15 is 0 Å². The van der Waals surface area contributed by atoms with E-state index in [1.54, 1.807) is 35.9 Å². The maximum atomic E-state index is 13.8. The fraction of sp³-hybridized carbons (Fsp3) is 0.111. The van der Waals surface area contributed by atoms with E-state index in [1.165, 1.54) is 30.3 Å². The molecule has 2 aromatic carbocycles. The van der Waals surface area contributed by atoms with E-state index in [0.29, 0.717) is 11.4 Å². The van der Waals surface area contributed by atoms with Gasteiger partial charge in [0.25, 0.3) is 11.6 Å². The van der Waals surface area contributed by atoms with Gasteiger partial charge in [-0.05, 0) is 25.1 Å². The number of hydrogen-bond donors (Lipinski definition) is 1. The van der Waals surface area contributed by atoms with Crippen molar-refractivity contribution in [2.24, 2.45) is 0 Å². The number of aromatic nitrogens is 2. The molecule has 0 saturated heterocycles. The Morgan fingerprint density at radius 3 is 2.58 bits per heavy atom. The molecule has 3 aromatic rings. The molecule has 8 heteroatoms. The van der Waals surface area contributed by atoms with Crippen LogP contribution in [0.2, 0.25) is 0 Å². The van der Waals surface area contributed by atoms with E-state index < -0.39 is 10.8 Å². The minimum atomic E-state index is -0.532. The molecule has 7 nitrogen and oxygen atoms in total. The largest absolute Gasteiger partial charge is 0.305 e. The molecule has 0 aliphatic rings. The highest BCUT2D eigenvalue weighted by Crippen LogP contribution is 2.16. The van der Waals surface area contributed by atoms with Crippen molar-refractivity contribution >= 4 is 17.4 Å². The highest BCUT2D eigenvalue weighted by Gasteiger charge is 2.13. The average molecular weight is 354 g/mol. The summed E-state index contributed by atoms with van der Waals surface area (Å²) in [5, 5.41) is 17.6. The summed E-state index contributed by atoms with van der Waals surface area (Å²) in [7, 11) is 0. The Morgan fingerprint density at radius 2 is 1.92 bits per heavy atom. The molecule has 0 atom stereocenters. The van der Waals surface area contributed by atoms with Crippen LogP contribution in [0.4, 0.5) is 15.9 Å². The summed E-state index contributed by atoms with van der Waals surface area (Å²) in [6, 6.07) is 13.3. The summed E-state index contributed by atoms with van der Waals surface area (Å²) in [5.41, 5.74) is 1.43. The molecule has 3 rings (SSSR count). The molecule has 0 spiro atoms. The van der Waals surface area contributed by atoms with Crippen molar-refractivity contribution in [2.75, 3.05) is 5.32 Å². The molecule has 1 heterocycles. The molecular formula is C18H15FN4O3. The van der Waals surface area contributed by atoms with Gasteiger partial charge in [-0.3, -0.25) is 19.6 Å². The van der Waals surface area contributed by atoms with Crippen LogP contribution in [0.5, 0.6) is 0 Å². The molecule has 26 heavy (non-hydrogen) atoms. The van der Waals surface area contributed by atoms with Gasteiger partial charge in [0.05, 0.1) is 11.5 Å². The highest BCUT2D eigenvalue weighted by molar-refractivity contribution is 6.03. The second kappa shape index (κ2) is 7.14. The van der Waals surface area contributed by atoms with Gasteiger partial charge in [0.1, 0.15) is 5.82 Å². The summed E-state index contributed by atoms with van der Waals surface area (Å²) in [4.78, 5) is 22.4. The number of halogens is 1. The molecular weight excluding hydrogens is 339 g/mol. The van der Waals surface area contributed by atoms with Gasteiger partial charge in [-0.25, -0.2) is 4.39 Å². The number of carbonyl (C=O) groups excluding carboxylic acids is 1.